The minimum Gasteiger partial charge on any atom is -0.277 e. The fourth-order valence-electron chi connectivity index (χ4n) is 1.48. The number of hydrogen-bond donors (Lipinski definition) is 1. The summed E-state index contributed by atoms with van der Waals surface area (Å²) in [6.45, 7) is 0. The number of rotatable bonds is 2. The molecule has 0 spiro atoms. The predicted octanol–water partition coefficient (Wildman–Crippen LogP) is 0.890. The molecule has 0 atom stereocenters. The Hall–Kier alpha value is -1.55. The Morgan fingerprint density at radius 2 is 2.29 bits per heavy atom. The van der Waals surface area contributed by atoms with Crippen molar-refractivity contribution >= 4 is 29.6 Å². The average molecular weight is 211 g/mol. The van der Waals surface area contributed by atoms with E-state index in [1.54, 1.807) is 18.2 Å². The second-order valence-corrected chi connectivity index (χ2v) is 3.36. The number of nitrogens with one attached hydrogen (secondary N) is 1. The maximum atomic E-state index is 11.4. The van der Waals surface area contributed by atoms with Crippen LogP contribution >= 0.6 is 11.6 Å². The molecule has 72 valence electrons. The van der Waals surface area contributed by atoms with Crippen molar-refractivity contribution in [1.29, 1.82) is 0 Å². The first kappa shape index (κ1) is 9.02. The van der Waals surface area contributed by atoms with Gasteiger partial charge >= 0.3 is 0 Å². The highest BCUT2D eigenvalue weighted by Gasteiger charge is 2.26. The van der Waals surface area contributed by atoms with Crippen molar-refractivity contribution in [3.63, 3.8) is 0 Å². The van der Waals surface area contributed by atoms with Gasteiger partial charge in [-0.05, 0) is 23.8 Å². The molecule has 2 rings (SSSR count). The van der Waals surface area contributed by atoms with E-state index in [2.05, 4.69) is 5.43 Å². The van der Waals surface area contributed by atoms with Gasteiger partial charge in [0.25, 0.3) is 0 Å². The molecule has 0 radical (unpaired) electrons. The Labute approximate surface area is 85.4 Å². The average Bonchev–Trinajstić information content (AvgIpc) is 2.43. The zero-order chi connectivity index (χ0) is 10.1. The highest BCUT2D eigenvalue weighted by molar-refractivity contribution is 6.30. The molecule has 14 heavy (non-hydrogen) atoms. The number of hydrogen-bond acceptors (Lipinski definition) is 2. The largest absolute Gasteiger partial charge is 0.277 e. The van der Waals surface area contributed by atoms with Crippen LogP contribution in [0, 0.1) is 0 Å². The summed E-state index contributed by atoms with van der Waals surface area (Å²) in [5.41, 5.74) is 3.85. The van der Waals surface area contributed by atoms with Crippen LogP contribution in [-0.4, -0.2) is 12.3 Å². The molecular formula is C9H7ClN2O2. The third-order valence-electron chi connectivity index (χ3n) is 2.06. The van der Waals surface area contributed by atoms with E-state index in [-0.39, 0.29) is 12.3 Å². The molecule has 1 aliphatic heterocycles. The number of amides is 2. The Balaban J connectivity index is 2.42. The quantitative estimate of drug-likeness (QED) is 0.737. The molecule has 4 nitrogen and oxygen atoms in total. The van der Waals surface area contributed by atoms with Gasteiger partial charge in [0.15, 0.2) is 0 Å². The van der Waals surface area contributed by atoms with Gasteiger partial charge in [0.05, 0.1) is 12.1 Å². The highest BCUT2D eigenvalue weighted by Crippen LogP contribution is 2.29. The van der Waals surface area contributed by atoms with Crippen LogP contribution < -0.4 is 10.4 Å². The van der Waals surface area contributed by atoms with Gasteiger partial charge < -0.3 is 0 Å². The smallest absolute Gasteiger partial charge is 0.250 e. The number of benzene rings is 1. The van der Waals surface area contributed by atoms with Crippen LogP contribution in [0.1, 0.15) is 5.56 Å². The minimum atomic E-state index is -0.158. The van der Waals surface area contributed by atoms with Crippen LogP contribution in [0.2, 0.25) is 5.02 Å². The molecule has 1 aliphatic rings. The van der Waals surface area contributed by atoms with E-state index in [4.69, 9.17) is 11.6 Å². The first-order valence-corrected chi connectivity index (χ1v) is 4.41. The summed E-state index contributed by atoms with van der Waals surface area (Å²) < 4.78 is 0. The number of halogens is 1. The molecule has 0 unspecified atom stereocenters. The number of hydrazine groups is 1. The van der Waals surface area contributed by atoms with Crippen LogP contribution in [0.5, 0.6) is 0 Å². The van der Waals surface area contributed by atoms with Crippen LogP contribution in [-0.2, 0) is 16.0 Å². The molecule has 0 saturated carbocycles. The van der Waals surface area contributed by atoms with Crippen LogP contribution in [0.3, 0.4) is 0 Å². The van der Waals surface area contributed by atoms with E-state index in [1.165, 1.54) is 5.01 Å². The molecule has 0 fully saturated rings. The molecule has 0 aromatic heterocycles. The number of anilines is 1. The number of fused-ring (bicyclic) bond motifs is 1. The van der Waals surface area contributed by atoms with E-state index in [9.17, 15) is 9.59 Å². The summed E-state index contributed by atoms with van der Waals surface area (Å²) in [6, 6.07) is 5.11. The second kappa shape index (κ2) is 3.31. The van der Waals surface area contributed by atoms with Gasteiger partial charge in [-0.3, -0.25) is 15.0 Å². The normalized spacial score (nSPS) is 14.1. The molecule has 0 saturated heterocycles. The van der Waals surface area contributed by atoms with Gasteiger partial charge in [-0.1, -0.05) is 11.6 Å². The van der Waals surface area contributed by atoms with Crippen molar-refractivity contribution in [2.45, 2.75) is 6.42 Å². The molecule has 1 heterocycles. The predicted molar refractivity (Wildman–Crippen MR) is 51.8 cm³/mol. The molecule has 1 aromatic carbocycles. The van der Waals surface area contributed by atoms with Crippen molar-refractivity contribution in [2.24, 2.45) is 0 Å². The summed E-state index contributed by atoms with van der Waals surface area (Å²) in [5, 5.41) is 1.81. The Morgan fingerprint density at radius 1 is 1.50 bits per heavy atom. The van der Waals surface area contributed by atoms with Gasteiger partial charge in [-0.15, -0.1) is 0 Å². The second-order valence-electron chi connectivity index (χ2n) is 2.93. The Morgan fingerprint density at radius 3 is 3.00 bits per heavy atom. The lowest BCUT2D eigenvalue weighted by Crippen LogP contribution is -2.39. The number of carbonyl (C=O) groups is 2. The highest BCUT2D eigenvalue weighted by atomic mass is 35.5. The van der Waals surface area contributed by atoms with Crippen molar-refractivity contribution < 1.29 is 9.59 Å². The summed E-state index contributed by atoms with van der Waals surface area (Å²) in [7, 11) is 0. The van der Waals surface area contributed by atoms with Crippen molar-refractivity contribution in [2.75, 3.05) is 5.01 Å². The summed E-state index contributed by atoms with van der Waals surface area (Å²) in [6.07, 6.45) is 0.748. The fraction of sp³-hybridized carbons (Fsp3) is 0.111. The lowest BCUT2D eigenvalue weighted by molar-refractivity contribution is -0.120. The lowest BCUT2D eigenvalue weighted by Gasteiger charge is -2.14. The monoisotopic (exact) mass is 210 g/mol. The molecule has 0 bridgehead atoms. The number of nitrogens with zero attached hydrogens (tertiary/aromatic N) is 1. The molecule has 1 N–H and O–H groups in total. The Bertz CT molecular complexity index is 406. The van der Waals surface area contributed by atoms with Gasteiger partial charge in [0.2, 0.25) is 12.3 Å². The minimum absolute atomic E-state index is 0.158. The van der Waals surface area contributed by atoms with Crippen molar-refractivity contribution in [3.05, 3.63) is 28.8 Å². The van der Waals surface area contributed by atoms with Crippen LogP contribution in [0.15, 0.2) is 18.2 Å². The first-order chi connectivity index (χ1) is 6.72. The molecule has 0 aliphatic carbocycles. The molecule has 1 aromatic rings. The van der Waals surface area contributed by atoms with Gasteiger partial charge in [0.1, 0.15) is 0 Å². The SMILES string of the molecule is O=CNN1C(=O)Cc2cc(Cl)ccc21. The summed E-state index contributed by atoms with van der Waals surface area (Å²) in [4.78, 5) is 21.6. The van der Waals surface area contributed by atoms with E-state index >= 15 is 0 Å². The van der Waals surface area contributed by atoms with Crippen LogP contribution in [0.4, 0.5) is 5.69 Å². The fourth-order valence-corrected chi connectivity index (χ4v) is 1.68. The van der Waals surface area contributed by atoms with E-state index < -0.39 is 0 Å². The maximum absolute atomic E-state index is 11.4. The zero-order valence-corrected chi connectivity index (χ0v) is 7.91. The molecule has 5 heteroatoms. The Kier molecular flexibility index (Phi) is 2.13. The number of carbonyl (C=O) groups excluding carboxylic acids is 2. The third kappa shape index (κ3) is 1.33. The van der Waals surface area contributed by atoms with Gasteiger partial charge in [0, 0.05) is 5.02 Å². The summed E-state index contributed by atoms with van der Waals surface area (Å²) >= 11 is 5.78. The topological polar surface area (TPSA) is 49.4 Å². The van der Waals surface area contributed by atoms with Crippen molar-refractivity contribution in [1.82, 2.24) is 5.43 Å². The summed E-state index contributed by atoms with van der Waals surface area (Å²) in [5.74, 6) is -0.158. The van der Waals surface area contributed by atoms with E-state index in [1.807, 2.05) is 0 Å². The third-order valence-corrected chi connectivity index (χ3v) is 2.29. The van der Waals surface area contributed by atoms with E-state index in [0.717, 1.165) is 5.56 Å². The molecular weight excluding hydrogens is 204 g/mol. The van der Waals surface area contributed by atoms with Gasteiger partial charge in [-0.2, -0.15) is 0 Å². The maximum Gasteiger partial charge on any atom is 0.250 e. The standard InChI is InChI=1S/C9H7ClN2O2/c10-7-1-2-8-6(3-7)4-9(14)12(8)11-5-13/h1-3,5H,4H2,(H,11,13). The lowest BCUT2D eigenvalue weighted by atomic mass is 10.2. The zero-order valence-electron chi connectivity index (χ0n) is 7.16. The van der Waals surface area contributed by atoms with Crippen molar-refractivity contribution in [3.8, 4) is 0 Å². The molecule has 2 amide bonds. The van der Waals surface area contributed by atoms with Gasteiger partial charge in [-0.25, -0.2) is 5.01 Å². The van der Waals surface area contributed by atoms with Crippen LogP contribution in [0.25, 0.3) is 0 Å². The first-order valence-electron chi connectivity index (χ1n) is 4.03. The van der Waals surface area contributed by atoms with E-state index in [0.29, 0.717) is 17.1 Å².